The highest BCUT2D eigenvalue weighted by Gasteiger charge is 2.19. The first kappa shape index (κ1) is 16.0. The van der Waals surface area contributed by atoms with Gasteiger partial charge in [-0.15, -0.1) is 5.10 Å². The first-order valence-electron chi connectivity index (χ1n) is 7.18. The molecule has 0 amide bonds. The van der Waals surface area contributed by atoms with Crippen LogP contribution in [-0.4, -0.2) is 28.1 Å². The summed E-state index contributed by atoms with van der Waals surface area (Å²) in [5.74, 6) is 0.897. The van der Waals surface area contributed by atoms with Crippen molar-refractivity contribution in [3.63, 3.8) is 0 Å². The summed E-state index contributed by atoms with van der Waals surface area (Å²) in [6.45, 7) is 3.75. The quantitative estimate of drug-likeness (QED) is 0.792. The lowest BCUT2D eigenvalue weighted by Crippen LogP contribution is -2.26. The van der Waals surface area contributed by atoms with Crippen molar-refractivity contribution in [2.75, 3.05) is 13.2 Å². The van der Waals surface area contributed by atoms with E-state index < -0.39 is 0 Å². The molecule has 0 saturated carbocycles. The molecule has 114 valence electrons. The van der Waals surface area contributed by atoms with Crippen LogP contribution in [0.3, 0.4) is 0 Å². The molecular weight excluding hydrogens is 332 g/mol. The van der Waals surface area contributed by atoms with E-state index in [1.165, 1.54) is 0 Å². The normalized spacial score (nSPS) is 12.3. The summed E-state index contributed by atoms with van der Waals surface area (Å²) < 4.78 is 8.38. The van der Waals surface area contributed by atoms with Crippen LogP contribution in [0.15, 0.2) is 34.9 Å². The second-order valence-corrected chi connectivity index (χ2v) is 5.60. The second-order valence-electron chi connectivity index (χ2n) is 4.85. The fourth-order valence-electron chi connectivity index (χ4n) is 2.17. The molecular formula is C15H21BrN4O. The van der Waals surface area contributed by atoms with Gasteiger partial charge in [0.2, 0.25) is 0 Å². The molecule has 0 aliphatic rings. The minimum atomic E-state index is 0.169. The van der Waals surface area contributed by atoms with Gasteiger partial charge in [-0.3, -0.25) is 0 Å². The van der Waals surface area contributed by atoms with E-state index in [0.717, 1.165) is 35.4 Å². The van der Waals surface area contributed by atoms with Crippen LogP contribution in [0.5, 0.6) is 5.75 Å². The zero-order chi connectivity index (χ0) is 15.1. The van der Waals surface area contributed by atoms with Gasteiger partial charge in [0.1, 0.15) is 5.75 Å². The number of rotatable bonds is 8. The molecule has 0 saturated heterocycles. The van der Waals surface area contributed by atoms with Crippen LogP contribution in [0.25, 0.3) is 0 Å². The van der Waals surface area contributed by atoms with Crippen LogP contribution in [-0.2, 0) is 7.05 Å². The van der Waals surface area contributed by atoms with Crippen molar-refractivity contribution >= 4 is 15.9 Å². The first-order chi connectivity index (χ1) is 10.2. The summed E-state index contributed by atoms with van der Waals surface area (Å²) in [4.78, 5) is 0. The molecule has 1 aromatic heterocycles. The Kier molecular flexibility index (Phi) is 6.20. The Morgan fingerprint density at radius 2 is 2.10 bits per heavy atom. The number of benzene rings is 1. The average molecular weight is 353 g/mol. The molecule has 0 radical (unpaired) electrons. The van der Waals surface area contributed by atoms with Crippen molar-refractivity contribution < 1.29 is 4.74 Å². The van der Waals surface area contributed by atoms with E-state index in [9.17, 15) is 0 Å². The number of para-hydroxylation sites is 1. The van der Waals surface area contributed by atoms with Crippen LogP contribution >= 0.6 is 15.9 Å². The third-order valence-electron chi connectivity index (χ3n) is 3.22. The molecule has 6 heteroatoms. The molecule has 0 aliphatic carbocycles. The zero-order valence-corrected chi connectivity index (χ0v) is 14.0. The van der Waals surface area contributed by atoms with Gasteiger partial charge in [0.25, 0.3) is 0 Å². The Bertz CT molecular complexity index is 524. The van der Waals surface area contributed by atoms with Crippen molar-refractivity contribution in [1.29, 1.82) is 0 Å². The zero-order valence-electron chi connectivity index (χ0n) is 12.4. The maximum atomic E-state index is 5.79. The summed E-state index contributed by atoms with van der Waals surface area (Å²) in [6.07, 6.45) is 1.94. The molecule has 5 nitrogen and oxygen atoms in total. The molecule has 2 aromatic rings. The Morgan fingerprint density at radius 3 is 2.71 bits per heavy atom. The summed E-state index contributed by atoms with van der Waals surface area (Å²) >= 11 is 3.47. The number of halogens is 1. The molecule has 0 bridgehead atoms. The number of ether oxygens (including phenoxy) is 1. The SMILES string of the molecule is CCCNC(CCOc1ccccc1)c1c(Br)nnn1C. The van der Waals surface area contributed by atoms with Crippen LogP contribution in [0.2, 0.25) is 0 Å². The van der Waals surface area contributed by atoms with Gasteiger partial charge in [-0.05, 0) is 41.0 Å². The van der Waals surface area contributed by atoms with Gasteiger partial charge in [0.05, 0.1) is 18.3 Å². The highest BCUT2D eigenvalue weighted by Crippen LogP contribution is 2.23. The van der Waals surface area contributed by atoms with Gasteiger partial charge in [0, 0.05) is 13.5 Å². The number of hydrogen-bond donors (Lipinski definition) is 1. The maximum Gasteiger partial charge on any atom is 0.153 e. The van der Waals surface area contributed by atoms with Gasteiger partial charge in [-0.2, -0.15) is 0 Å². The van der Waals surface area contributed by atoms with E-state index in [1.54, 1.807) is 4.68 Å². The van der Waals surface area contributed by atoms with Crippen LogP contribution in [0.1, 0.15) is 31.5 Å². The molecule has 1 unspecified atom stereocenters. The van der Waals surface area contributed by atoms with E-state index in [2.05, 4.69) is 38.5 Å². The minimum absolute atomic E-state index is 0.169. The Labute approximate surface area is 133 Å². The second kappa shape index (κ2) is 8.14. The number of nitrogens with zero attached hydrogens (tertiary/aromatic N) is 3. The lowest BCUT2D eigenvalue weighted by molar-refractivity contribution is 0.282. The number of nitrogens with one attached hydrogen (secondary N) is 1. The number of aromatic nitrogens is 3. The van der Waals surface area contributed by atoms with Gasteiger partial charge >= 0.3 is 0 Å². The third-order valence-corrected chi connectivity index (χ3v) is 3.78. The summed E-state index contributed by atoms with van der Waals surface area (Å²) in [7, 11) is 1.91. The molecule has 1 N–H and O–H groups in total. The molecule has 0 aliphatic heterocycles. The maximum absolute atomic E-state index is 5.79. The van der Waals surface area contributed by atoms with Crippen LogP contribution in [0.4, 0.5) is 0 Å². The largest absolute Gasteiger partial charge is 0.494 e. The van der Waals surface area contributed by atoms with Crippen LogP contribution < -0.4 is 10.1 Å². The van der Waals surface area contributed by atoms with Gasteiger partial charge in [-0.1, -0.05) is 30.3 Å². The van der Waals surface area contributed by atoms with E-state index in [0.29, 0.717) is 6.61 Å². The van der Waals surface area contributed by atoms with Gasteiger partial charge in [0.15, 0.2) is 4.60 Å². The molecule has 0 spiro atoms. The molecule has 1 heterocycles. The lowest BCUT2D eigenvalue weighted by atomic mass is 10.1. The summed E-state index contributed by atoms with van der Waals surface area (Å²) in [6, 6.07) is 10.0. The standard InChI is InChI=1S/C15H21BrN4O/c1-3-10-17-13(14-15(16)18-19-20(14)2)9-11-21-12-7-5-4-6-8-12/h4-8,13,17H,3,9-11H2,1-2H3. The molecule has 1 atom stereocenters. The van der Waals surface area contributed by atoms with Crippen LogP contribution in [0, 0.1) is 0 Å². The molecule has 1 aromatic carbocycles. The molecule has 2 rings (SSSR count). The van der Waals surface area contributed by atoms with E-state index in [4.69, 9.17) is 4.74 Å². The Balaban J connectivity index is 1.97. The number of aryl methyl sites for hydroxylation is 1. The molecule has 0 fully saturated rings. The smallest absolute Gasteiger partial charge is 0.153 e. The fraction of sp³-hybridized carbons (Fsp3) is 0.467. The van der Waals surface area contributed by atoms with Gasteiger partial charge in [-0.25, -0.2) is 4.68 Å². The average Bonchev–Trinajstić information content (AvgIpc) is 2.83. The van der Waals surface area contributed by atoms with Crippen molar-refractivity contribution in [1.82, 2.24) is 20.3 Å². The van der Waals surface area contributed by atoms with Crippen molar-refractivity contribution in [2.24, 2.45) is 7.05 Å². The predicted octanol–water partition coefficient (Wildman–Crippen LogP) is 3.09. The Morgan fingerprint density at radius 1 is 1.33 bits per heavy atom. The van der Waals surface area contributed by atoms with Crippen molar-refractivity contribution in [3.8, 4) is 5.75 Å². The summed E-state index contributed by atoms with van der Waals surface area (Å²) in [5.41, 5.74) is 1.06. The lowest BCUT2D eigenvalue weighted by Gasteiger charge is -2.19. The topological polar surface area (TPSA) is 52.0 Å². The third kappa shape index (κ3) is 4.54. The van der Waals surface area contributed by atoms with Gasteiger partial charge < -0.3 is 10.1 Å². The van der Waals surface area contributed by atoms with E-state index in [1.807, 2.05) is 37.4 Å². The summed E-state index contributed by atoms with van der Waals surface area (Å²) in [5, 5.41) is 11.6. The highest BCUT2D eigenvalue weighted by atomic mass is 79.9. The van der Waals surface area contributed by atoms with E-state index in [-0.39, 0.29) is 6.04 Å². The number of hydrogen-bond acceptors (Lipinski definition) is 4. The first-order valence-corrected chi connectivity index (χ1v) is 7.98. The fourth-order valence-corrected chi connectivity index (χ4v) is 2.78. The molecule has 21 heavy (non-hydrogen) atoms. The monoisotopic (exact) mass is 352 g/mol. The van der Waals surface area contributed by atoms with Crippen molar-refractivity contribution in [2.45, 2.75) is 25.8 Å². The Hall–Kier alpha value is -1.40. The predicted molar refractivity (Wildman–Crippen MR) is 86.3 cm³/mol. The highest BCUT2D eigenvalue weighted by molar-refractivity contribution is 9.10. The van der Waals surface area contributed by atoms with E-state index >= 15 is 0 Å². The minimum Gasteiger partial charge on any atom is -0.494 e. The van der Waals surface area contributed by atoms with Crippen molar-refractivity contribution in [3.05, 3.63) is 40.6 Å².